The van der Waals surface area contributed by atoms with E-state index in [-0.39, 0.29) is 0 Å². The van der Waals surface area contributed by atoms with Crippen LogP contribution in [0.4, 0.5) is 5.82 Å². The van der Waals surface area contributed by atoms with Gasteiger partial charge in [0, 0.05) is 12.0 Å². The molecule has 1 heterocycles. The third kappa shape index (κ3) is 2.64. The fraction of sp³-hybridized carbons (Fsp3) is 0.125. The van der Waals surface area contributed by atoms with Crippen molar-refractivity contribution in [1.29, 1.82) is 0 Å². The summed E-state index contributed by atoms with van der Waals surface area (Å²) < 4.78 is 5.38. The average molecular weight is 280 g/mol. The number of benzene rings is 2. The van der Waals surface area contributed by atoms with Gasteiger partial charge in [0.15, 0.2) is 5.82 Å². The molecule has 2 aromatic carbocycles. The number of nitrogens with zero attached hydrogens (tertiary/aromatic N) is 2. The molecule has 5 nitrogen and oxygen atoms in total. The highest BCUT2D eigenvalue weighted by molar-refractivity contribution is 5.76. The lowest BCUT2D eigenvalue weighted by molar-refractivity contribution is 0.410. The SMILES string of the molecule is COc1ccccc1Cc1nc2ccccc2nc1NN. The molecule has 0 spiro atoms. The predicted octanol–water partition coefficient (Wildman–Crippen LogP) is 2.51. The second-order valence-corrected chi connectivity index (χ2v) is 4.64. The molecular formula is C16H16N4O. The highest BCUT2D eigenvalue weighted by atomic mass is 16.5. The Hall–Kier alpha value is -2.66. The second kappa shape index (κ2) is 5.76. The van der Waals surface area contributed by atoms with Gasteiger partial charge < -0.3 is 10.2 Å². The van der Waals surface area contributed by atoms with Crippen molar-refractivity contribution in [2.45, 2.75) is 6.42 Å². The summed E-state index contributed by atoms with van der Waals surface area (Å²) >= 11 is 0. The molecule has 3 N–H and O–H groups in total. The number of rotatable bonds is 4. The third-order valence-corrected chi connectivity index (χ3v) is 3.33. The van der Waals surface area contributed by atoms with Gasteiger partial charge in [0.05, 0.1) is 23.8 Å². The van der Waals surface area contributed by atoms with Crippen molar-refractivity contribution >= 4 is 16.9 Å². The first kappa shape index (κ1) is 13.3. The van der Waals surface area contributed by atoms with E-state index in [4.69, 9.17) is 10.6 Å². The molecule has 3 aromatic rings. The summed E-state index contributed by atoms with van der Waals surface area (Å²) in [4.78, 5) is 9.16. The maximum Gasteiger partial charge on any atom is 0.162 e. The van der Waals surface area contributed by atoms with Crippen LogP contribution < -0.4 is 16.0 Å². The minimum Gasteiger partial charge on any atom is -0.496 e. The Morgan fingerprint density at radius 1 is 1.00 bits per heavy atom. The number of hydrogen-bond acceptors (Lipinski definition) is 5. The summed E-state index contributed by atoms with van der Waals surface area (Å²) in [5.74, 6) is 6.99. The van der Waals surface area contributed by atoms with Crippen molar-refractivity contribution in [1.82, 2.24) is 9.97 Å². The Kier molecular flexibility index (Phi) is 3.66. The average Bonchev–Trinajstić information content (AvgIpc) is 2.54. The van der Waals surface area contributed by atoms with E-state index in [0.29, 0.717) is 12.2 Å². The van der Waals surface area contributed by atoms with Crippen LogP contribution >= 0.6 is 0 Å². The number of para-hydroxylation sites is 3. The zero-order valence-corrected chi connectivity index (χ0v) is 11.7. The minimum atomic E-state index is 0.583. The summed E-state index contributed by atoms with van der Waals surface area (Å²) in [5, 5.41) is 0. The van der Waals surface area contributed by atoms with Crippen LogP contribution in [0, 0.1) is 0 Å². The van der Waals surface area contributed by atoms with Crippen molar-refractivity contribution < 1.29 is 4.74 Å². The summed E-state index contributed by atoms with van der Waals surface area (Å²) in [6.45, 7) is 0. The van der Waals surface area contributed by atoms with E-state index in [1.165, 1.54) is 0 Å². The van der Waals surface area contributed by atoms with Gasteiger partial charge in [0.1, 0.15) is 5.75 Å². The summed E-state index contributed by atoms with van der Waals surface area (Å²) in [6.07, 6.45) is 0.599. The molecule has 5 heteroatoms. The van der Waals surface area contributed by atoms with Gasteiger partial charge in [-0.25, -0.2) is 15.8 Å². The first-order valence-electron chi connectivity index (χ1n) is 6.66. The molecule has 0 aliphatic carbocycles. The maximum absolute atomic E-state index is 5.58. The molecular weight excluding hydrogens is 264 g/mol. The van der Waals surface area contributed by atoms with Crippen molar-refractivity contribution in [2.75, 3.05) is 12.5 Å². The first-order chi connectivity index (χ1) is 10.3. The van der Waals surface area contributed by atoms with Crippen LogP contribution in [0.2, 0.25) is 0 Å². The molecule has 0 unspecified atom stereocenters. The zero-order chi connectivity index (χ0) is 14.7. The fourth-order valence-electron chi connectivity index (χ4n) is 2.30. The molecule has 0 fully saturated rings. The molecule has 0 atom stereocenters. The molecule has 0 radical (unpaired) electrons. The van der Waals surface area contributed by atoms with Gasteiger partial charge in [0.25, 0.3) is 0 Å². The third-order valence-electron chi connectivity index (χ3n) is 3.33. The number of hydrazine groups is 1. The Morgan fingerprint density at radius 3 is 2.38 bits per heavy atom. The topological polar surface area (TPSA) is 73.1 Å². The van der Waals surface area contributed by atoms with Gasteiger partial charge in [-0.05, 0) is 18.2 Å². The van der Waals surface area contributed by atoms with Gasteiger partial charge in [0.2, 0.25) is 0 Å². The lowest BCUT2D eigenvalue weighted by Gasteiger charge is -2.11. The molecule has 0 bridgehead atoms. The summed E-state index contributed by atoms with van der Waals surface area (Å²) in [7, 11) is 1.66. The number of aromatic nitrogens is 2. The second-order valence-electron chi connectivity index (χ2n) is 4.64. The molecule has 1 aromatic heterocycles. The molecule has 3 rings (SSSR count). The highest BCUT2D eigenvalue weighted by Gasteiger charge is 2.11. The van der Waals surface area contributed by atoms with E-state index < -0.39 is 0 Å². The lowest BCUT2D eigenvalue weighted by Crippen LogP contribution is -2.13. The number of nitrogens with one attached hydrogen (secondary N) is 1. The largest absolute Gasteiger partial charge is 0.496 e. The van der Waals surface area contributed by atoms with E-state index in [9.17, 15) is 0 Å². The van der Waals surface area contributed by atoms with Gasteiger partial charge in [-0.2, -0.15) is 0 Å². The van der Waals surface area contributed by atoms with Gasteiger partial charge in [-0.3, -0.25) is 0 Å². The van der Waals surface area contributed by atoms with E-state index in [1.54, 1.807) is 7.11 Å². The smallest absolute Gasteiger partial charge is 0.162 e. The quantitative estimate of drug-likeness (QED) is 0.567. The van der Waals surface area contributed by atoms with Crippen LogP contribution in [0.15, 0.2) is 48.5 Å². The lowest BCUT2D eigenvalue weighted by atomic mass is 10.1. The molecule has 21 heavy (non-hydrogen) atoms. The number of nitrogen functional groups attached to an aromatic ring is 1. The van der Waals surface area contributed by atoms with Gasteiger partial charge >= 0.3 is 0 Å². The standard InChI is InChI=1S/C16H16N4O/c1-21-15-9-5-2-6-11(15)10-14-16(20-17)19-13-8-4-3-7-12(13)18-14/h2-9H,10,17H2,1H3,(H,19,20). The Labute approximate surface area is 122 Å². The van der Waals surface area contributed by atoms with E-state index >= 15 is 0 Å². The molecule has 0 aliphatic heterocycles. The molecule has 0 amide bonds. The number of nitrogens with two attached hydrogens (primary N) is 1. The Bertz CT molecular complexity index is 773. The van der Waals surface area contributed by atoms with Crippen molar-refractivity contribution in [2.24, 2.45) is 5.84 Å². The van der Waals surface area contributed by atoms with Crippen LogP contribution in [0.25, 0.3) is 11.0 Å². The van der Waals surface area contributed by atoms with Crippen molar-refractivity contribution in [3.8, 4) is 5.75 Å². The maximum atomic E-state index is 5.58. The van der Waals surface area contributed by atoms with E-state index in [0.717, 1.165) is 28.0 Å². The number of methoxy groups -OCH3 is 1. The normalized spacial score (nSPS) is 10.6. The number of ether oxygens (including phenoxy) is 1. The first-order valence-corrected chi connectivity index (χ1v) is 6.66. The fourth-order valence-corrected chi connectivity index (χ4v) is 2.30. The monoisotopic (exact) mass is 280 g/mol. The molecule has 0 saturated carbocycles. The molecule has 0 saturated heterocycles. The highest BCUT2D eigenvalue weighted by Crippen LogP contribution is 2.24. The minimum absolute atomic E-state index is 0.583. The van der Waals surface area contributed by atoms with Crippen LogP contribution in [-0.4, -0.2) is 17.1 Å². The van der Waals surface area contributed by atoms with Crippen molar-refractivity contribution in [3.05, 3.63) is 59.8 Å². The Balaban J connectivity index is 2.06. The molecule has 0 aliphatic rings. The number of hydrogen-bond donors (Lipinski definition) is 2. The number of fused-ring (bicyclic) bond motifs is 1. The van der Waals surface area contributed by atoms with E-state index in [1.807, 2.05) is 48.5 Å². The number of anilines is 1. The zero-order valence-electron chi connectivity index (χ0n) is 11.7. The van der Waals surface area contributed by atoms with Crippen LogP contribution in [0.3, 0.4) is 0 Å². The Morgan fingerprint density at radius 2 is 1.67 bits per heavy atom. The molecule has 106 valence electrons. The van der Waals surface area contributed by atoms with Crippen LogP contribution in [-0.2, 0) is 6.42 Å². The van der Waals surface area contributed by atoms with E-state index in [2.05, 4.69) is 15.4 Å². The van der Waals surface area contributed by atoms with Crippen LogP contribution in [0.1, 0.15) is 11.3 Å². The van der Waals surface area contributed by atoms with Crippen LogP contribution in [0.5, 0.6) is 5.75 Å². The van der Waals surface area contributed by atoms with Gasteiger partial charge in [-0.15, -0.1) is 0 Å². The van der Waals surface area contributed by atoms with Gasteiger partial charge in [-0.1, -0.05) is 30.3 Å². The van der Waals surface area contributed by atoms with Crippen molar-refractivity contribution in [3.63, 3.8) is 0 Å². The summed E-state index contributed by atoms with van der Waals surface area (Å²) in [5.41, 5.74) is 6.13. The predicted molar refractivity (Wildman–Crippen MR) is 83.1 cm³/mol. The summed E-state index contributed by atoms with van der Waals surface area (Å²) in [6, 6.07) is 15.6.